The predicted molar refractivity (Wildman–Crippen MR) is 160 cm³/mol. The standard InChI is InChI=1S/C32H50F3N3O5S/c1-26(2)22-9-12-31(7)24(29(22,5)11-10-23(26)37-44(42,43)32(33,34)35)21(39)17-19-20-18-28(4,36-25(40)38(8)41)15-13-27(20,3)14-16-30(19,31)6/h17,20,22-24,37,41H,9-16,18H2,1-8H3,(H,36,40)/t20-,22-,23-,24+,27+,28-,29-,30+,31+/m0/s1. The van der Waals surface area contributed by atoms with Gasteiger partial charge in [-0.05, 0) is 110 Å². The zero-order valence-corrected chi connectivity index (χ0v) is 28.1. The number of rotatable bonds is 3. The van der Waals surface area contributed by atoms with Crippen molar-refractivity contribution in [1.82, 2.24) is 15.1 Å². The fraction of sp³-hybridized carbons (Fsp3) is 0.875. The Kier molecular flexibility index (Phi) is 7.60. The number of urea groups is 1. The van der Waals surface area contributed by atoms with E-state index in [9.17, 15) is 36.4 Å². The van der Waals surface area contributed by atoms with E-state index in [1.54, 1.807) is 0 Å². The van der Waals surface area contributed by atoms with Crippen LogP contribution in [0, 0.1) is 44.8 Å². The van der Waals surface area contributed by atoms with E-state index in [0.29, 0.717) is 30.7 Å². The van der Waals surface area contributed by atoms with Crippen molar-refractivity contribution in [3.63, 3.8) is 0 Å². The molecule has 0 radical (unpaired) electrons. The van der Waals surface area contributed by atoms with Gasteiger partial charge in [-0.15, -0.1) is 0 Å². The number of amides is 2. The number of hydrogen-bond acceptors (Lipinski definition) is 5. The molecule has 0 aromatic rings. The summed E-state index contributed by atoms with van der Waals surface area (Å²) in [6.07, 6.45) is 8.19. The number of nitrogens with one attached hydrogen (secondary N) is 2. The maximum atomic E-state index is 14.5. The molecule has 44 heavy (non-hydrogen) atoms. The summed E-state index contributed by atoms with van der Waals surface area (Å²) >= 11 is 0. The lowest BCUT2D eigenvalue weighted by Crippen LogP contribution is -2.68. The summed E-state index contributed by atoms with van der Waals surface area (Å²) in [5.41, 5.74) is -6.80. The summed E-state index contributed by atoms with van der Waals surface area (Å²) in [6, 6.07) is -1.45. The Balaban J connectivity index is 1.51. The predicted octanol–water partition coefficient (Wildman–Crippen LogP) is 6.56. The Hall–Kier alpha value is -1.66. The Labute approximate surface area is 260 Å². The van der Waals surface area contributed by atoms with Crippen molar-refractivity contribution in [3.05, 3.63) is 11.6 Å². The van der Waals surface area contributed by atoms with Crippen molar-refractivity contribution in [3.8, 4) is 0 Å². The molecule has 0 aromatic carbocycles. The second-order valence-electron chi connectivity index (χ2n) is 16.7. The molecule has 0 spiro atoms. The van der Waals surface area contributed by atoms with Crippen LogP contribution in [0.5, 0.6) is 0 Å². The van der Waals surface area contributed by atoms with Gasteiger partial charge in [-0.3, -0.25) is 10.0 Å². The molecule has 0 bridgehead atoms. The monoisotopic (exact) mass is 645 g/mol. The van der Waals surface area contributed by atoms with Gasteiger partial charge in [0.15, 0.2) is 5.78 Å². The second-order valence-corrected chi connectivity index (χ2v) is 18.4. The fourth-order valence-corrected chi connectivity index (χ4v) is 12.0. The average Bonchev–Trinajstić information content (AvgIpc) is 2.87. The Morgan fingerprint density at radius 3 is 2.18 bits per heavy atom. The largest absolute Gasteiger partial charge is 0.511 e. The van der Waals surface area contributed by atoms with Crippen LogP contribution in [-0.2, 0) is 14.8 Å². The first-order valence-electron chi connectivity index (χ1n) is 16.0. The van der Waals surface area contributed by atoms with Crippen molar-refractivity contribution in [2.45, 2.75) is 123 Å². The van der Waals surface area contributed by atoms with Crippen molar-refractivity contribution >= 4 is 21.8 Å². The van der Waals surface area contributed by atoms with Crippen LogP contribution in [0.1, 0.15) is 106 Å². The Morgan fingerprint density at radius 2 is 1.59 bits per heavy atom. The van der Waals surface area contributed by atoms with Gasteiger partial charge in [0.25, 0.3) is 0 Å². The molecule has 9 atom stereocenters. The summed E-state index contributed by atoms with van der Waals surface area (Å²) in [7, 11) is -4.21. The zero-order valence-electron chi connectivity index (χ0n) is 27.3. The zero-order chi connectivity index (χ0) is 33.1. The van der Waals surface area contributed by atoms with Gasteiger partial charge in [0, 0.05) is 24.5 Å². The van der Waals surface area contributed by atoms with Gasteiger partial charge < -0.3 is 5.32 Å². The first-order valence-corrected chi connectivity index (χ1v) is 17.4. The Morgan fingerprint density at radius 1 is 0.977 bits per heavy atom. The molecule has 0 aliphatic heterocycles. The molecule has 8 nitrogen and oxygen atoms in total. The fourth-order valence-electron chi connectivity index (χ4n) is 11.1. The summed E-state index contributed by atoms with van der Waals surface area (Å²) in [4.78, 5) is 27.0. The van der Waals surface area contributed by atoms with Gasteiger partial charge in [-0.1, -0.05) is 47.1 Å². The quantitative estimate of drug-likeness (QED) is 0.238. The molecule has 4 saturated carbocycles. The molecule has 2 amide bonds. The molecule has 0 heterocycles. The number of hydrogen-bond donors (Lipinski definition) is 3. The molecular formula is C32H50F3N3O5S. The summed E-state index contributed by atoms with van der Waals surface area (Å²) in [5.74, 6) is -0.361. The highest BCUT2D eigenvalue weighted by Crippen LogP contribution is 2.74. The van der Waals surface area contributed by atoms with Crippen LogP contribution in [0.15, 0.2) is 11.6 Å². The van der Waals surface area contributed by atoms with Crippen LogP contribution in [0.2, 0.25) is 0 Å². The highest BCUT2D eigenvalue weighted by atomic mass is 32.2. The van der Waals surface area contributed by atoms with Crippen molar-refractivity contribution in [2.75, 3.05) is 7.05 Å². The third-order valence-corrected chi connectivity index (χ3v) is 15.1. The lowest BCUT2D eigenvalue weighted by atomic mass is 9.33. The maximum absolute atomic E-state index is 14.5. The van der Waals surface area contributed by atoms with Crippen LogP contribution in [0.4, 0.5) is 18.0 Å². The van der Waals surface area contributed by atoms with Crippen molar-refractivity contribution in [2.24, 2.45) is 44.8 Å². The number of halogens is 3. The van der Waals surface area contributed by atoms with Gasteiger partial charge in [0.1, 0.15) is 0 Å². The van der Waals surface area contributed by atoms with Gasteiger partial charge >= 0.3 is 21.6 Å². The van der Waals surface area contributed by atoms with Crippen molar-refractivity contribution in [1.29, 1.82) is 0 Å². The van der Waals surface area contributed by atoms with Crippen LogP contribution < -0.4 is 10.0 Å². The third kappa shape index (κ3) is 4.69. The van der Waals surface area contributed by atoms with E-state index in [4.69, 9.17) is 0 Å². The van der Waals surface area contributed by atoms with Crippen LogP contribution in [-0.4, -0.2) is 54.6 Å². The number of nitrogens with zero attached hydrogens (tertiary/aromatic N) is 1. The minimum absolute atomic E-state index is 0.0268. The van der Waals surface area contributed by atoms with Crippen LogP contribution in [0.25, 0.3) is 0 Å². The van der Waals surface area contributed by atoms with Gasteiger partial charge in [0.05, 0.1) is 0 Å². The van der Waals surface area contributed by atoms with E-state index < -0.39 is 49.4 Å². The lowest BCUT2D eigenvalue weighted by molar-refractivity contribution is -0.187. The highest BCUT2D eigenvalue weighted by molar-refractivity contribution is 7.90. The molecule has 5 aliphatic carbocycles. The molecule has 0 aromatic heterocycles. The van der Waals surface area contributed by atoms with E-state index >= 15 is 0 Å². The van der Waals surface area contributed by atoms with Gasteiger partial charge in [-0.2, -0.15) is 13.2 Å². The van der Waals surface area contributed by atoms with Crippen molar-refractivity contribution < 1.29 is 36.4 Å². The first kappa shape index (κ1) is 33.7. The summed E-state index contributed by atoms with van der Waals surface area (Å²) < 4.78 is 66.2. The number of alkyl halides is 3. The molecular weight excluding hydrogens is 595 g/mol. The molecule has 250 valence electrons. The second kappa shape index (κ2) is 9.92. The number of hydroxylamine groups is 2. The molecule has 0 saturated heterocycles. The molecule has 5 rings (SSSR count). The minimum atomic E-state index is -5.51. The highest BCUT2D eigenvalue weighted by Gasteiger charge is 2.70. The van der Waals surface area contributed by atoms with E-state index in [0.717, 1.165) is 31.3 Å². The number of sulfonamides is 1. The topological polar surface area (TPSA) is 116 Å². The average molecular weight is 646 g/mol. The van der Waals surface area contributed by atoms with Gasteiger partial charge in [0.2, 0.25) is 0 Å². The number of carbonyl (C=O) groups is 2. The smallest absolute Gasteiger partial charge is 0.331 e. The lowest BCUT2D eigenvalue weighted by Gasteiger charge is -2.70. The van der Waals surface area contributed by atoms with E-state index in [2.05, 4.69) is 33.0 Å². The Bertz CT molecular complexity index is 1380. The van der Waals surface area contributed by atoms with E-state index in [-0.39, 0.29) is 40.8 Å². The van der Waals surface area contributed by atoms with Gasteiger partial charge in [-0.25, -0.2) is 23.0 Å². The van der Waals surface area contributed by atoms with E-state index in [1.165, 1.54) is 7.05 Å². The molecule has 4 fully saturated rings. The maximum Gasteiger partial charge on any atom is 0.511 e. The SMILES string of the molecule is CN(O)C(=O)N[C@@]1(C)CC[C@]2(C)CC[C@]3(C)C(=CC(=O)[C@@H]4[C@@]5(C)CC[C@H](NS(=O)(=O)C(F)(F)F)C(C)(C)[C@@H]5CC[C@]43C)[C@@H]2C1. The summed E-state index contributed by atoms with van der Waals surface area (Å²) in [5, 5.41) is 13.3. The number of ketones is 1. The van der Waals surface area contributed by atoms with E-state index in [1.807, 2.05) is 31.6 Å². The normalized spacial score (nSPS) is 45.2. The third-order valence-electron chi connectivity index (χ3n) is 13.9. The van der Waals surface area contributed by atoms with Crippen LogP contribution >= 0.6 is 0 Å². The molecule has 3 N–H and O–H groups in total. The molecule has 5 aliphatic rings. The number of allylic oxidation sites excluding steroid dienone is 2. The first-order chi connectivity index (χ1) is 19.9. The number of fused-ring (bicyclic) bond motifs is 7. The minimum Gasteiger partial charge on any atom is -0.331 e. The van der Waals surface area contributed by atoms with Crippen LogP contribution in [0.3, 0.4) is 0 Å². The molecule has 0 unspecified atom stereocenters. The summed E-state index contributed by atoms with van der Waals surface area (Å²) in [6.45, 7) is 14.7. The number of carbonyl (C=O) groups excluding carboxylic acids is 2. The molecule has 12 heteroatoms.